The van der Waals surface area contributed by atoms with Gasteiger partial charge in [-0.3, -0.25) is 9.69 Å². The number of carbonyl (C=O) groups is 1. The third-order valence-corrected chi connectivity index (χ3v) is 3.78. The van der Waals surface area contributed by atoms with E-state index in [0.29, 0.717) is 12.1 Å². The van der Waals surface area contributed by atoms with Crippen LogP contribution in [0, 0.1) is 0 Å². The molecule has 1 saturated heterocycles. The molecule has 0 radical (unpaired) electrons. The predicted molar refractivity (Wildman–Crippen MR) is 79.3 cm³/mol. The van der Waals surface area contributed by atoms with Gasteiger partial charge >= 0.3 is 0 Å². The van der Waals surface area contributed by atoms with Gasteiger partial charge in [0.15, 0.2) is 5.78 Å². The van der Waals surface area contributed by atoms with Crippen molar-refractivity contribution >= 4 is 16.6 Å². The van der Waals surface area contributed by atoms with E-state index in [9.17, 15) is 9.90 Å². The molecule has 0 atom stereocenters. The van der Waals surface area contributed by atoms with Gasteiger partial charge in [-0.15, -0.1) is 0 Å². The Morgan fingerprint density at radius 2 is 1.80 bits per heavy atom. The average molecular weight is 270 g/mol. The number of nitrogens with zero attached hydrogens (tertiary/aromatic N) is 1. The van der Waals surface area contributed by atoms with Crippen molar-refractivity contribution in [3.05, 3.63) is 42.0 Å². The maximum absolute atomic E-state index is 12.5. The molecule has 1 aliphatic rings. The van der Waals surface area contributed by atoms with Gasteiger partial charge in [-0.25, -0.2) is 0 Å². The first-order valence-corrected chi connectivity index (χ1v) is 6.93. The number of carbonyl (C=O) groups excluding carboxylic acids is 1. The lowest BCUT2D eigenvalue weighted by Crippen LogP contribution is -2.45. The zero-order valence-corrected chi connectivity index (χ0v) is 11.3. The van der Waals surface area contributed by atoms with E-state index in [1.807, 2.05) is 24.3 Å². The average Bonchev–Trinajstić information content (AvgIpc) is 2.49. The van der Waals surface area contributed by atoms with Crippen molar-refractivity contribution < 1.29 is 9.90 Å². The number of ketones is 1. The minimum atomic E-state index is 0.114. The van der Waals surface area contributed by atoms with Crippen molar-refractivity contribution in [2.24, 2.45) is 0 Å². The fraction of sp³-hybridized carbons (Fsp3) is 0.312. The molecule has 4 nitrogen and oxygen atoms in total. The summed E-state index contributed by atoms with van der Waals surface area (Å²) in [7, 11) is 0. The van der Waals surface area contributed by atoms with Crippen LogP contribution >= 0.6 is 0 Å². The number of benzene rings is 2. The van der Waals surface area contributed by atoms with Gasteiger partial charge in [-0.05, 0) is 17.5 Å². The molecular weight excluding hydrogens is 252 g/mol. The highest BCUT2D eigenvalue weighted by Crippen LogP contribution is 2.27. The number of Topliss-reactive ketones (excluding diaryl/α,β-unsaturated/α-hetero) is 1. The first-order valence-electron chi connectivity index (χ1n) is 6.93. The van der Waals surface area contributed by atoms with Crippen LogP contribution in [0.2, 0.25) is 0 Å². The summed E-state index contributed by atoms with van der Waals surface area (Å²) in [5.41, 5.74) is 0.692. The van der Waals surface area contributed by atoms with Gasteiger partial charge in [0.1, 0.15) is 5.75 Å². The van der Waals surface area contributed by atoms with E-state index in [1.54, 1.807) is 12.1 Å². The second-order valence-electron chi connectivity index (χ2n) is 5.13. The number of phenols is 1. The molecule has 0 aliphatic carbocycles. The van der Waals surface area contributed by atoms with Gasteiger partial charge in [0.25, 0.3) is 0 Å². The topological polar surface area (TPSA) is 52.6 Å². The third kappa shape index (κ3) is 2.53. The molecule has 0 spiro atoms. The van der Waals surface area contributed by atoms with Crippen molar-refractivity contribution in [3.63, 3.8) is 0 Å². The maximum Gasteiger partial charge on any atom is 0.177 e. The minimum absolute atomic E-state index is 0.114. The number of fused-ring (bicyclic) bond motifs is 1. The predicted octanol–water partition coefficient (Wildman–Crippen LogP) is 1.63. The number of piperazine rings is 1. The molecule has 2 aromatic carbocycles. The van der Waals surface area contributed by atoms with Crippen molar-refractivity contribution in [2.75, 3.05) is 32.7 Å². The van der Waals surface area contributed by atoms with Gasteiger partial charge in [-0.1, -0.05) is 24.3 Å². The molecule has 1 heterocycles. The standard InChI is InChI=1S/C16H18N2O2/c19-15-6-5-14(12-3-1-2-4-13(12)15)16(20)11-18-9-7-17-8-10-18/h1-6,17,19H,7-11H2. The lowest BCUT2D eigenvalue weighted by atomic mass is 10.0. The van der Waals surface area contributed by atoms with Crippen LogP contribution in [0.15, 0.2) is 36.4 Å². The van der Waals surface area contributed by atoms with Gasteiger partial charge in [-0.2, -0.15) is 0 Å². The Kier molecular flexibility index (Phi) is 3.67. The zero-order valence-electron chi connectivity index (χ0n) is 11.3. The van der Waals surface area contributed by atoms with E-state index in [0.717, 1.165) is 37.0 Å². The van der Waals surface area contributed by atoms with Gasteiger partial charge in [0, 0.05) is 37.1 Å². The summed E-state index contributed by atoms with van der Waals surface area (Å²) in [5.74, 6) is 0.336. The summed E-state index contributed by atoms with van der Waals surface area (Å²) in [6.45, 7) is 4.12. The number of phenolic OH excluding ortho intramolecular Hbond substituents is 1. The lowest BCUT2D eigenvalue weighted by molar-refractivity contribution is 0.0923. The second kappa shape index (κ2) is 5.61. The smallest absolute Gasteiger partial charge is 0.177 e. The molecular formula is C16H18N2O2. The summed E-state index contributed by atoms with van der Waals surface area (Å²) in [5, 5.41) is 14.7. The van der Waals surface area contributed by atoms with Crippen LogP contribution in [-0.4, -0.2) is 48.5 Å². The Hall–Kier alpha value is -1.91. The highest BCUT2D eigenvalue weighted by molar-refractivity contribution is 6.10. The summed E-state index contributed by atoms with van der Waals surface area (Å²) < 4.78 is 0. The van der Waals surface area contributed by atoms with Crippen LogP contribution in [0.3, 0.4) is 0 Å². The van der Waals surface area contributed by atoms with Gasteiger partial charge < -0.3 is 10.4 Å². The summed E-state index contributed by atoms with van der Waals surface area (Å²) in [6, 6.07) is 10.8. The Labute approximate surface area is 118 Å². The molecule has 104 valence electrons. The Balaban J connectivity index is 1.89. The monoisotopic (exact) mass is 270 g/mol. The van der Waals surface area contributed by atoms with Crippen molar-refractivity contribution in [2.45, 2.75) is 0 Å². The molecule has 0 amide bonds. The van der Waals surface area contributed by atoms with Crippen molar-refractivity contribution in [1.29, 1.82) is 0 Å². The number of hydrogen-bond donors (Lipinski definition) is 2. The SMILES string of the molecule is O=C(CN1CCNCC1)c1ccc(O)c2ccccc12. The molecule has 0 saturated carbocycles. The van der Waals surface area contributed by atoms with Crippen LogP contribution in [0.5, 0.6) is 5.75 Å². The highest BCUT2D eigenvalue weighted by atomic mass is 16.3. The zero-order chi connectivity index (χ0) is 13.9. The number of nitrogens with one attached hydrogen (secondary N) is 1. The Bertz CT molecular complexity index is 633. The van der Waals surface area contributed by atoms with E-state index in [1.165, 1.54) is 0 Å². The maximum atomic E-state index is 12.5. The van der Waals surface area contributed by atoms with Crippen LogP contribution in [0.25, 0.3) is 10.8 Å². The Morgan fingerprint density at radius 3 is 2.55 bits per heavy atom. The first kappa shape index (κ1) is 13.1. The molecule has 0 unspecified atom stereocenters. The largest absolute Gasteiger partial charge is 0.507 e. The van der Waals surface area contributed by atoms with Crippen LogP contribution in [0.4, 0.5) is 0 Å². The molecule has 3 rings (SSSR count). The van der Waals surface area contributed by atoms with Crippen molar-refractivity contribution in [1.82, 2.24) is 10.2 Å². The van der Waals surface area contributed by atoms with Gasteiger partial charge in [0.2, 0.25) is 0 Å². The molecule has 2 aromatic rings. The Morgan fingerprint density at radius 1 is 1.10 bits per heavy atom. The fourth-order valence-corrected chi connectivity index (χ4v) is 2.68. The number of hydrogen-bond acceptors (Lipinski definition) is 4. The molecule has 1 fully saturated rings. The molecule has 2 N–H and O–H groups in total. The van der Waals surface area contributed by atoms with Gasteiger partial charge in [0.05, 0.1) is 6.54 Å². The third-order valence-electron chi connectivity index (χ3n) is 3.78. The molecule has 0 bridgehead atoms. The van der Waals surface area contributed by atoms with Crippen molar-refractivity contribution in [3.8, 4) is 5.75 Å². The van der Waals surface area contributed by atoms with E-state index in [2.05, 4.69) is 10.2 Å². The van der Waals surface area contributed by atoms with Crippen LogP contribution in [-0.2, 0) is 0 Å². The normalized spacial score (nSPS) is 16.4. The van der Waals surface area contributed by atoms with Crippen LogP contribution in [0.1, 0.15) is 10.4 Å². The van der Waals surface area contributed by atoms with Crippen LogP contribution < -0.4 is 5.32 Å². The summed E-state index contributed by atoms with van der Waals surface area (Å²) >= 11 is 0. The van der Waals surface area contributed by atoms with E-state index in [-0.39, 0.29) is 11.5 Å². The van der Waals surface area contributed by atoms with E-state index >= 15 is 0 Å². The highest BCUT2D eigenvalue weighted by Gasteiger charge is 2.17. The van der Waals surface area contributed by atoms with E-state index < -0.39 is 0 Å². The molecule has 20 heavy (non-hydrogen) atoms. The molecule has 4 heteroatoms. The molecule has 0 aromatic heterocycles. The first-order chi connectivity index (χ1) is 9.75. The summed E-state index contributed by atoms with van der Waals surface area (Å²) in [6.07, 6.45) is 0. The van der Waals surface area contributed by atoms with E-state index in [4.69, 9.17) is 0 Å². The fourth-order valence-electron chi connectivity index (χ4n) is 2.68. The minimum Gasteiger partial charge on any atom is -0.507 e. The number of rotatable bonds is 3. The quantitative estimate of drug-likeness (QED) is 0.832. The summed E-state index contributed by atoms with van der Waals surface area (Å²) in [4.78, 5) is 14.7. The number of aromatic hydroxyl groups is 1. The second-order valence-corrected chi connectivity index (χ2v) is 5.13. The molecule has 1 aliphatic heterocycles. The lowest BCUT2D eigenvalue weighted by Gasteiger charge is -2.26.